The summed E-state index contributed by atoms with van der Waals surface area (Å²) in [4.78, 5) is 10.8. The molecule has 0 bridgehead atoms. The van der Waals surface area contributed by atoms with Gasteiger partial charge in [-0.05, 0) is 18.1 Å². The van der Waals surface area contributed by atoms with Gasteiger partial charge in [-0.15, -0.1) is 0 Å². The number of carbonyl (C=O) groups excluding carboxylic acids is 1. The predicted molar refractivity (Wildman–Crippen MR) is 56.4 cm³/mol. The number of rotatable bonds is 3. The van der Waals surface area contributed by atoms with Gasteiger partial charge >= 0.3 is 0 Å². The maximum atomic E-state index is 11.5. The fourth-order valence-corrected chi connectivity index (χ4v) is 3.60. The van der Waals surface area contributed by atoms with E-state index in [1.807, 2.05) is 6.07 Å². The molecule has 0 spiro atoms. The summed E-state index contributed by atoms with van der Waals surface area (Å²) in [6.07, 6.45) is 0.574. The Kier molecular flexibility index (Phi) is 3.96. The van der Waals surface area contributed by atoms with Crippen LogP contribution in [0.5, 0.6) is 0 Å². The zero-order chi connectivity index (χ0) is 10.7. The number of hydrogen-bond acceptors (Lipinski definition) is 4. The fraction of sp³-hybridized carbons (Fsp3) is 0.250. The van der Waals surface area contributed by atoms with Crippen molar-refractivity contribution in [3.05, 3.63) is 15.5 Å². The predicted octanol–water partition coefficient (Wildman–Crippen LogP) is 2.21. The lowest BCUT2D eigenvalue weighted by Gasteiger charge is -2.03. The molecule has 3 nitrogen and oxygen atoms in total. The van der Waals surface area contributed by atoms with E-state index >= 15 is 0 Å². The third kappa shape index (κ3) is 1.93. The van der Waals surface area contributed by atoms with E-state index in [9.17, 15) is 9.35 Å². The van der Waals surface area contributed by atoms with Gasteiger partial charge in [0, 0.05) is 0 Å². The van der Waals surface area contributed by atoms with E-state index in [0.717, 1.165) is 11.3 Å². The lowest BCUT2D eigenvalue weighted by molar-refractivity contribution is 0.112. The second-order valence-corrected chi connectivity index (χ2v) is 5.67. The van der Waals surface area contributed by atoms with Crippen LogP contribution in [0.15, 0.2) is 4.21 Å². The Labute approximate surface area is 93.5 Å². The van der Waals surface area contributed by atoms with Gasteiger partial charge in [-0.25, -0.2) is 0 Å². The topological polar surface area (TPSA) is 63.9 Å². The number of thiophene rings is 1. The van der Waals surface area contributed by atoms with Gasteiger partial charge < -0.3 is 4.55 Å². The molecular weight excluding hydrogens is 242 g/mol. The minimum absolute atomic E-state index is 0.115. The largest absolute Gasteiger partial charge is 0.611 e. The van der Waals surface area contributed by atoms with Crippen molar-refractivity contribution < 1.29 is 9.35 Å². The molecule has 1 aromatic rings. The summed E-state index contributed by atoms with van der Waals surface area (Å²) in [6.45, 7) is 1.74. The van der Waals surface area contributed by atoms with Gasteiger partial charge in [0.2, 0.25) is 4.21 Å². The van der Waals surface area contributed by atoms with Crippen molar-refractivity contribution in [1.82, 2.24) is 0 Å². The second kappa shape index (κ2) is 4.80. The molecule has 0 saturated carbocycles. The third-order valence-corrected chi connectivity index (χ3v) is 4.89. The zero-order valence-electron chi connectivity index (χ0n) is 7.24. The quantitative estimate of drug-likeness (QED) is 0.608. The molecule has 0 N–H and O–H groups in total. The zero-order valence-corrected chi connectivity index (χ0v) is 9.63. The highest BCUT2D eigenvalue weighted by atomic mass is 35.5. The minimum Gasteiger partial charge on any atom is -0.611 e. The van der Waals surface area contributed by atoms with Crippen LogP contribution in [-0.4, -0.2) is 16.6 Å². The van der Waals surface area contributed by atoms with Crippen LogP contribution in [0.3, 0.4) is 0 Å². The minimum atomic E-state index is -1.24. The van der Waals surface area contributed by atoms with E-state index < -0.39 is 11.2 Å². The summed E-state index contributed by atoms with van der Waals surface area (Å²) in [5, 5.41) is 8.89. The first kappa shape index (κ1) is 11.5. The Hall–Kier alpha value is -0.540. The van der Waals surface area contributed by atoms with Gasteiger partial charge in [-0.3, -0.25) is 4.79 Å². The summed E-state index contributed by atoms with van der Waals surface area (Å²) in [7, 11) is 0. The highest BCUT2D eigenvalue weighted by molar-refractivity contribution is 7.93. The van der Waals surface area contributed by atoms with Crippen molar-refractivity contribution in [3.8, 4) is 6.07 Å². The van der Waals surface area contributed by atoms with Crippen LogP contribution in [0.1, 0.15) is 22.2 Å². The Morgan fingerprint density at radius 3 is 2.86 bits per heavy atom. The van der Waals surface area contributed by atoms with E-state index in [1.165, 1.54) is 0 Å². The summed E-state index contributed by atoms with van der Waals surface area (Å²) in [5.41, 5.74) is 0.166. The Morgan fingerprint density at radius 1 is 1.79 bits per heavy atom. The molecule has 14 heavy (non-hydrogen) atoms. The monoisotopic (exact) mass is 247 g/mol. The Bertz CT molecular complexity index is 397. The van der Waals surface area contributed by atoms with Gasteiger partial charge in [0.1, 0.15) is 17.4 Å². The van der Waals surface area contributed by atoms with Crippen LogP contribution >= 0.6 is 22.9 Å². The highest BCUT2D eigenvalue weighted by Gasteiger charge is 2.24. The van der Waals surface area contributed by atoms with Crippen molar-refractivity contribution in [2.75, 3.05) is 5.75 Å². The van der Waals surface area contributed by atoms with Gasteiger partial charge in [-0.2, -0.15) is 5.26 Å². The maximum Gasteiger partial charge on any atom is 0.226 e. The number of nitrogens with zero attached hydrogens (tertiary/aromatic N) is 1. The van der Waals surface area contributed by atoms with Gasteiger partial charge in [0.15, 0.2) is 6.29 Å². The number of nitriles is 1. The van der Waals surface area contributed by atoms with Crippen molar-refractivity contribution in [2.45, 2.75) is 11.1 Å². The van der Waals surface area contributed by atoms with Crippen molar-refractivity contribution in [1.29, 1.82) is 5.26 Å². The van der Waals surface area contributed by atoms with Crippen LogP contribution in [0.25, 0.3) is 0 Å². The lowest BCUT2D eigenvalue weighted by Crippen LogP contribution is -2.02. The molecule has 1 heterocycles. The first-order valence-electron chi connectivity index (χ1n) is 3.71. The van der Waals surface area contributed by atoms with E-state index in [0.29, 0.717) is 16.2 Å². The number of aldehydes is 1. The molecule has 0 fully saturated rings. The SMILES string of the molecule is CC[S+]([O-])c1sc(C=O)c(Cl)c1C#N. The van der Waals surface area contributed by atoms with Crippen LogP contribution in [0.2, 0.25) is 5.02 Å². The van der Waals surface area contributed by atoms with Crippen LogP contribution in [0.4, 0.5) is 0 Å². The van der Waals surface area contributed by atoms with Crippen LogP contribution < -0.4 is 0 Å². The molecule has 0 aliphatic rings. The molecular formula is C8H6ClNO2S2. The van der Waals surface area contributed by atoms with E-state index in [4.69, 9.17) is 16.9 Å². The van der Waals surface area contributed by atoms with Crippen LogP contribution in [-0.2, 0) is 11.2 Å². The van der Waals surface area contributed by atoms with Crippen molar-refractivity contribution >= 4 is 40.4 Å². The van der Waals surface area contributed by atoms with E-state index in [2.05, 4.69) is 0 Å². The van der Waals surface area contributed by atoms with E-state index in [1.54, 1.807) is 6.92 Å². The molecule has 0 amide bonds. The molecule has 0 aliphatic heterocycles. The van der Waals surface area contributed by atoms with E-state index in [-0.39, 0.29) is 15.5 Å². The standard InChI is InChI=1S/C8H6ClNO2S2/c1-2-14(12)8-5(3-10)7(9)6(4-11)13-8/h4H,2H2,1H3. The summed E-state index contributed by atoms with van der Waals surface area (Å²) in [5.74, 6) is 0.407. The van der Waals surface area contributed by atoms with Gasteiger partial charge in [0.25, 0.3) is 0 Å². The van der Waals surface area contributed by atoms with Crippen molar-refractivity contribution in [3.63, 3.8) is 0 Å². The normalized spacial score (nSPS) is 12.1. The molecule has 1 unspecified atom stereocenters. The summed E-state index contributed by atoms with van der Waals surface area (Å²) < 4.78 is 11.9. The fourth-order valence-electron chi connectivity index (χ4n) is 0.870. The average molecular weight is 248 g/mol. The van der Waals surface area contributed by atoms with Gasteiger partial charge in [0.05, 0.1) is 9.90 Å². The van der Waals surface area contributed by atoms with Crippen LogP contribution in [0, 0.1) is 11.3 Å². The summed E-state index contributed by atoms with van der Waals surface area (Å²) in [6, 6.07) is 1.86. The molecule has 1 rings (SSSR count). The first-order chi connectivity index (χ1) is 6.65. The summed E-state index contributed by atoms with van der Waals surface area (Å²) >= 11 is 5.53. The lowest BCUT2D eigenvalue weighted by atomic mass is 10.3. The smallest absolute Gasteiger partial charge is 0.226 e. The maximum absolute atomic E-state index is 11.5. The molecule has 0 aromatic carbocycles. The molecule has 0 radical (unpaired) electrons. The Morgan fingerprint density at radius 2 is 2.43 bits per heavy atom. The Balaban J connectivity index is 3.30. The second-order valence-electron chi connectivity index (χ2n) is 2.31. The first-order valence-corrected chi connectivity index (χ1v) is 6.23. The van der Waals surface area contributed by atoms with Crippen molar-refractivity contribution in [2.24, 2.45) is 0 Å². The molecule has 1 aromatic heterocycles. The third-order valence-electron chi connectivity index (χ3n) is 1.53. The molecule has 0 aliphatic carbocycles. The van der Waals surface area contributed by atoms with Gasteiger partial charge in [-0.1, -0.05) is 22.9 Å². The number of halogens is 1. The number of hydrogen-bond donors (Lipinski definition) is 0. The highest BCUT2D eigenvalue weighted by Crippen LogP contribution is 2.34. The molecule has 1 atom stereocenters. The molecule has 0 saturated heterocycles. The average Bonchev–Trinajstić information content (AvgIpc) is 2.53. The molecule has 6 heteroatoms. The number of carbonyl (C=O) groups is 1. The molecule has 74 valence electrons.